The van der Waals surface area contributed by atoms with Gasteiger partial charge in [-0.25, -0.2) is 9.18 Å². The van der Waals surface area contributed by atoms with E-state index in [1.807, 2.05) is 19.0 Å². The number of likely N-dealkylation sites (N-methyl/N-ethyl adjacent to an activating group) is 1. The van der Waals surface area contributed by atoms with Crippen LogP contribution in [0.1, 0.15) is 5.56 Å². The van der Waals surface area contributed by atoms with Crippen LogP contribution in [0.25, 0.3) is 6.08 Å². The quantitative estimate of drug-likeness (QED) is 0.836. The summed E-state index contributed by atoms with van der Waals surface area (Å²) in [6.07, 6.45) is 3.12. The fourth-order valence-corrected chi connectivity index (χ4v) is 1.27. The third kappa shape index (κ3) is 6.00. The first-order valence-corrected chi connectivity index (χ1v) is 5.69. The van der Waals surface area contributed by atoms with E-state index in [1.165, 1.54) is 18.3 Å². The molecule has 1 aromatic carbocycles. The molecule has 4 nitrogen and oxygen atoms in total. The summed E-state index contributed by atoms with van der Waals surface area (Å²) in [5.74, 6) is -0.299. The molecule has 1 rings (SSSR count). The van der Waals surface area contributed by atoms with E-state index in [1.54, 1.807) is 18.2 Å². The first kappa shape index (κ1) is 14.2. The van der Waals surface area contributed by atoms with Gasteiger partial charge in [0.1, 0.15) is 5.82 Å². The minimum absolute atomic E-state index is 0.274. The van der Waals surface area contributed by atoms with E-state index in [2.05, 4.69) is 10.6 Å². The number of urea groups is 1. The summed E-state index contributed by atoms with van der Waals surface area (Å²) in [5.41, 5.74) is 0.698. The van der Waals surface area contributed by atoms with Crippen molar-refractivity contribution in [1.82, 2.24) is 15.5 Å². The number of carbonyl (C=O) groups excluding carboxylic acids is 1. The number of hydrogen-bond acceptors (Lipinski definition) is 2. The average molecular weight is 251 g/mol. The van der Waals surface area contributed by atoms with Gasteiger partial charge >= 0.3 is 6.03 Å². The van der Waals surface area contributed by atoms with Crippen LogP contribution < -0.4 is 10.6 Å². The van der Waals surface area contributed by atoms with E-state index >= 15 is 0 Å². The lowest BCUT2D eigenvalue weighted by molar-refractivity contribution is 0.243. The largest absolute Gasteiger partial charge is 0.337 e. The molecule has 0 aromatic heterocycles. The Morgan fingerprint density at radius 3 is 2.89 bits per heavy atom. The molecule has 5 heteroatoms. The summed E-state index contributed by atoms with van der Waals surface area (Å²) in [5, 5.41) is 5.25. The van der Waals surface area contributed by atoms with Gasteiger partial charge in [-0.1, -0.05) is 12.1 Å². The Bertz CT molecular complexity index is 418. The van der Waals surface area contributed by atoms with Gasteiger partial charge in [-0.15, -0.1) is 0 Å². The molecule has 0 aliphatic heterocycles. The highest BCUT2D eigenvalue weighted by molar-refractivity contribution is 5.75. The molecule has 0 spiro atoms. The summed E-state index contributed by atoms with van der Waals surface area (Å²) in [6, 6.07) is 5.86. The lowest BCUT2D eigenvalue weighted by Crippen LogP contribution is -2.36. The first-order valence-electron chi connectivity index (χ1n) is 5.69. The van der Waals surface area contributed by atoms with Crippen LogP contribution in [-0.4, -0.2) is 38.1 Å². The highest BCUT2D eigenvalue weighted by Crippen LogP contribution is 2.04. The normalized spacial score (nSPS) is 10.9. The molecule has 2 N–H and O–H groups in total. The second kappa shape index (κ2) is 7.45. The third-order valence-corrected chi connectivity index (χ3v) is 2.18. The van der Waals surface area contributed by atoms with Gasteiger partial charge in [-0.2, -0.15) is 0 Å². The summed E-state index contributed by atoms with van der Waals surface area (Å²) >= 11 is 0. The maximum atomic E-state index is 12.9. The maximum Gasteiger partial charge on any atom is 0.318 e. The van der Waals surface area contributed by atoms with Crippen LogP contribution in [0.2, 0.25) is 0 Å². The number of amides is 2. The zero-order valence-corrected chi connectivity index (χ0v) is 10.6. The van der Waals surface area contributed by atoms with Crippen LogP contribution in [0, 0.1) is 5.82 Å². The predicted octanol–water partition coefficient (Wildman–Crippen LogP) is 1.66. The zero-order chi connectivity index (χ0) is 13.4. The minimum atomic E-state index is -0.299. The Balaban J connectivity index is 2.29. The molecule has 0 atom stereocenters. The van der Waals surface area contributed by atoms with Crippen molar-refractivity contribution in [2.75, 3.05) is 27.2 Å². The highest BCUT2D eigenvalue weighted by atomic mass is 19.1. The van der Waals surface area contributed by atoms with Gasteiger partial charge in [0.25, 0.3) is 0 Å². The number of nitrogens with zero attached hydrogens (tertiary/aromatic N) is 1. The molecule has 98 valence electrons. The van der Waals surface area contributed by atoms with Crippen molar-refractivity contribution in [2.24, 2.45) is 0 Å². The van der Waals surface area contributed by atoms with E-state index in [0.717, 1.165) is 6.54 Å². The van der Waals surface area contributed by atoms with Crippen LogP contribution in [-0.2, 0) is 0 Å². The lowest BCUT2D eigenvalue weighted by Gasteiger charge is -2.09. The van der Waals surface area contributed by atoms with Crippen molar-refractivity contribution in [1.29, 1.82) is 0 Å². The predicted molar refractivity (Wildman–Crippen MR) is 70.5 cm³/mol. The maximum absolute atomic E-state index is 12.9. The Hall–Kier alpha value is -1.88. The van der Waals surface area contributed by atoms with E-state index < -0.39 is 0 Å². The number of hydrogen-bond donors (Lipinski definition) is 2. The lowest BCUT2D eigenvalue weighted by atomic mass is 10.2. The van der Waals surface area contributed by atoms with Crippen molar-refractivity contribution in [3.05, 3.63) is 41.8 Å². The Kier molecular flexibility index (Phi) is 5.87. The second-order valence-corrected chi connectivity index (χ2v) is 4.09. The molecule has 0 unspecified atom stereocenters. The molecular weight excluding hydrogens is 233 g/mol. The Morgan fingerprint density at radius 1 is 1.44 bits per heavy atom. The molecule has 1 aromatic rings. The summed E-state index contributed by atoms with van der Waals surface area (Å²) in [7, 11) is 3.87. The molecule has 0 bridgehead atoms. The van der Waals surface area contributed by atoms with Crippen molar-refractivity contribution in [3.8, 4) is 0 Å². The molecule has 0 aliphatic rings. The highest BCUT2D eigenvalue weighted by Gasteiger charge is 1.96. The van der Waals surface area contributed by atoms with Crippen LogP contribution in [0.4, 0.5) is 9.18 Å². The Morgan fingerprint density at radius 2 is 2.22 bits per heavy atom. The average Bonchev–Trinajstić information content (AvgIpc) is 2.28. The molecule has 0 fully saturated rings. The van der Waals surface area contributed by atoms with Gasteiger partial charge in [0, 0.05) is 19.3 Å². The first-order chi connectivity index (χ1) is 8.58. The van der Waals surface area contributed by atoms with Gasteiger partial charge in [-0.05, 0) is 37.9 Å². The molecule has 0 aliphatic carbocycles. The van der Waals surface area contributed by atoms with Crippen LogP contribution in [0.3, 0.4) is 0 Å². The number of carbonyl (C=O) groups is 1. The van der Waals surface area contributed by atoms with Crippen molar-refractivity contribution >= 4 is 12.1 Å². The van der Waals surface area contributed by atoms with Crippen molar-refractivity contribution in [2.45, 2.75) is 0 Å². The SMILES string of the molecule is CN(C)CCNC(=O)N/C=C/c1cccc(F)c1. The molecule has 0 radical (unpaired) electrons. The van der Waals surface area contributed by atoms with Crippen molar-refractivity contribution in [3.63, 3.8) is 0 Å². The fraction of sp³-hybridized carbons (Fsp3) is 0.308. The fourth-order valence-electron chi connectivity index (χ4n) is 1.27. The van der Waals surface area contributed by atoms with Crippen molar-refractivity contribution < 1.29 is 9.18 Å². The standard InChI is InChI=1S/C13H18FN3O/c1-17(2)9-8-16-13(18)15-7-6-11-4-3-5-12(14)10-11/h3-7,10H,8-9H2,1-2H3,(H2,15,16,18)/b7-6+. The van der Waals surface area contributed by atoms with Crippen LogP contribution in [0.5, 0.6) is 0 Å². The van der Waals surface area contributed by atoms with Gasteiger partial charge in [0.05, 0.1) is 0 Å². The van der Waals surface area contributed by atoms with Gasteiger partial charge < -0.3 is 15.5 Å². The van der Waals surface area contributed by atoms with E-state index in [0.29, 0.717) is 12.1 Å². The smallest absolute Gasteiger partial charge is 0.318 e. The molecular formula is C13H18FN3O. The molecule has 2 amide bonds. The molecule has 0 heterocycles. The number of nitrogens with one attached hydrogen (secondary N) is 2. The second-order valence-electron chi connectivity index (χ2n) is 4.09. The van der Waals surface area contributed by atoms with Gasteiger partial charge in [0.15, 0.2) is 0 Å². The molecule has 0 saturated carbocycles. The summed E-state index contributed by atoms with van der Waals surface area (Å²) in [6.45, 7) is 1.35. The Labute approximate surface area is 106 Å². The third-order valence-electron chi connectivity index (χ3n) is 2.18. The van der Waals surface area contributed by atoms with Gasteiger partial charge in [-0.3, -0.25) is 0 Å². The summed E-state index contributed by atoms with van der Waals surface area (Å²) in [4.78, 5) is 13.3. The van der Waals surface area contributed by atoms with E-state index in [9.17, 15) is 9.18 Å². The van der Waals surface area contributed by atoms with Gasteiger partial charge in [0.2, 0.25) is 0 Å². The van der Waals surface area contributed by atoms with E-state index in [-0.39, 0.29) is 11.8 Å². The molecule has 0 saturated heterocycles. The van der Waals surface area contributed by atoms with E-state index in [4.69, 9.17) is 0 Å². The van der Waals surface area contributed by atoms with Crippen LogP contribution >= 0.6 is 0 Å². The molecule has 18 heavy (non-hydrogen) atoms. The number of benzene rings is 1. The monoisotopic (exact) mass is 251 g/mol. The zero-order valence-electron chi connectivity index (χ0n) is 10.6. The summed E-state index contributed by atoms with van der Waals surface area (Å²) < 4.78 is 12.9. The minimum Gasteiger partial charge on any atom is -0.337 e. The van der Waals surface area contributed by atoms with Crippen LogP contribution in [0.15, 0.2) is 30.5 Å². The topological polar surface area (TPSA) is 44.4 Å². The number of rotatable bonds is 5. The number of halogens is 1.